The van der Waals surface area contributed by atoms with Crippen molar-refractivity contribution < 1.29 is 0 Å². The highest BCUT2D eigenvalue weighted by Crippen LogP contribution is 2.44. The van der Waals surface area contributed by atoms with Crippen molar-refractivity contribution in [3.05, 3.63) is 33.8 Å². The number of hydrogen-bond donors (Lipinski definition) is 1. The van der Waals surface area contributed by atoms with Crippen molar-refractivity contribution >= 4 is 23.2 Å². The second-order valence-corrected chi connectivity index (χ2v) is 6.31. The summed E-state index contributed by atoms with van der Waals surface area (Å²) < 4.78 is 0. The molecule has 92 valence electrons. The lowest BCUT2D eigenvalue weighted by molar-refractivity contribution is 0.351. The van der Waals surface area contributed by atoms with E-state index in [1.165, 1.54) is 31.2 Å². The van der Waals surface area contributed by atoms with E-state index in [1.807, 2.05) is 12.1 Å². The molecule has 2 saturated carbocycles. The van der Waals surface area contributed by atoms with Crippen LogP contribution in [0, 0.1) is 11.8 Å². The molecule has 17 heavy (non-hydrogen) atoms. The first-order valence-electron chi connectivity index (χ1n) is 6.39. The van der Waals surface area contributed by atoms with Gasteiger partial charge >= 0.3 is 0 Å². The molecule has 2 fully saturated rings. The molecule has 3 unspecified atom stereocenters. The predicted octanol–water partition coefficient (Wildman–Crippen LogP) is 4.27. The Bertz CT molecular complexity index is 398. The molecule has 3 atom stereocenters. The number of halogens is 2. The summed E-state index contributed by atoms with van der Waals surface area (Å²) in [5.41, 5.74) is 1.19. The number of benzene rings is 1. The quantitative estimate of drug-likeness (QED) is 0.864. The van der Waals surface area contributed by atoms with Gasteiger partial charge in [-0.25, -0.2) is 0 Å². The third-order valence-electron chi connectivity index (χ3n) is 4.23. The van der Waals surface area contributed by atoms with E-state index in [1.54, 1.807) is 6.07 Å². The molecule has 0 saturated heterocycles. The maximum absolute atomic E-state index is 6.00. The van der Waals surface area contributed by atoms with Gasteiger partial charge in [-0.1, -0.05) is 29.6 Å². The van der Waals surface area contributed by atoms with Crippen LogP contribution in [0.2, 0.25) is 10.0 Å². The largest absolute Gasteiger partial charge is 0.310 e. The van der Waals surface area contributed by atoms with Crippen LogP contribution in [-0.2, 0) is 6.54 Å². The van der Waals surface area contributed by atoms with Crippen molar-refractivity contribution in [2.24, 2.45) is 11.8 Å². The summed E-state index contributed by atoms with van der Waals surface area (Å²) in [6, 6.07) is 6.48. The second kappa shape index (κ2) is 4.79. The Morgan fingerprint density at radius 3 is 2.41 bits per heavy atom. The molecule has 1 nitrogen and oxygen atoms in total. The zero-order valence-electron chi connectivity index (χ0n) is 9.76. The van der Waals surface area contributed by atoms with E-state index >= 15 is 0 Å². The number of fused-ring (bicyclic) bond motifs is 2. The molecule has 3 heteroatoms. The van der Waals surface area contributed by atoms with Crippen molar-refractivity contribution in [3.63, 3.8) is 0 Å². The molecule has 2 bridgehead atoms. The van der Waals surface area contributed by atoms with Crippen molar-refractivity contribution in [2.45, 2.75) is 38.3 Å². The summed E-state index contributed by atoms with van der Waals surface area (Å²) in [4.78, 5) is 0. The molecule has 0 aliphatic heterocycles. The Hall–Kier alpha value is -0.240. The Morgan fingerprint density at radius 1 is 1.06 bits per heavy atom. The zero-order valence-corrected chi connectivity index (χ0v) is 11.3. The normalized spacial score (nSPS) is 31.1. The highest BCUT2D eigenvalue weighted by molar-refractivity contribution is 6.34. The first-order valence-corrected chi connectivity index (χ1v) is 7.14. The minimum Gasteiger partial charge on any atom is -0.310 e. The SMILES string of the molecule is Clc1cc(Cl)cc(CNC2CC3CCC2C3)c1. The van der Waals surface area contributed by atoms with E-state index in [-0.39, 0.29) is 0 Å². The van der Waals surface area contributed by atoms with Gasteiger partial charge in [0.1, 0.15) is 0 Å². The third-order valence-corrected chi connectivity index (χ3v) is 4.67. The Kier molecular flexibility index (Phi) is 3.34. The van der Waals surface area contributed by atoms with Crippen molar-refractivity contribution in [1.82, 2.24) is 5.32 Å². The first kappa shape index (κ1) is 11.8. The van der Waals surface area contributed by atoms with Crippen LogP contribution in [0.4, 0.5) is 0 Å². The predicted molar refractivity (Wildman–Crippen MR) is 72.5 cm³/mol. The molecule has 0 radical (unpaired) electrons. The molecule has 1 aromatic carbocycles. The molecule has 3 rings (SSSR count). The maximum atomic E-state index is 6.00. The summed E-state index contributed by atoms with van der Waals surface area (Å²) in [6.45, 7) is 0.883. The summed E-state index contributed by atoms with van der Waals surface area (Å²) in [5.74, 6) is 1.90. The van der Waals surface area contributed by atoms with Gasteiger partial charge in [0, 0.05) is 22.6 Å². The lowest BCUT2D eigenvalue weighted by atomic mass is 9.95. The van der Waals surface area contributed by atoms with Crippen LogP contribution in [0.25, 0.3) is 0 Å². The van der Waals surface area contributed by atoms with Gasteiger partial charge in [0.2, 0.25) is 0 Å². The monoisotopic (exact) mass is 269 g/mol. The first-order chi connectivity index (χ1) is 8.20. The number of nitrogens with one attached hydrogen (secondary N) is 1. The van der Waals surface area contributed by atoms with E-state index < -0.39 is 0 Å². The van der Waals surface area contributed by atoms with Crippen LogP contribution in [0.3, 0.4) is 0 Å². The topological polar surface area (TPSA) is 12.0 Å². The average molecular weight is 270 g/mol. The summed E-state index contributed by atoms with van der Waals surface area (Å²) in [5, 5.41) is 5.12. The van der Waals surface area contributed by atoms with Gasteiger partial charge in [0.25, 0.3) is 0 Å². The standard InChI is InChI=1S/C14H17Cl2N/c15-12-4-10(5-13(16)7-12)8-17-14-6-9-1-2-11(14)3-9/h4-5,7,9,11,14,17H,1-3,6,8H2. The van der Waals surface area contributed by atoms with Crippen LogP contribution in [-0.4, -0.2) is 6.04 Å². The smallest absolute Gasteiger partial charge is 0.0424 e. The second-order valence-electron chi connectivity index (χ2n) is 5.44. The average Bonchev–Trinajstić information content (AvgIpc) is 2.86. The highest BCUT2D eigenvalue weighted by Gasteiger charge is 2.38. The molecule has 0 heterocycles. The van der Waals surface area contributed by atoms with Crippen LogP contribution in [0.15, 0.2) is 18.2 Å². The number of hydrogen-bond acceptors (Lipinski definition) is 1. The number of rotatable bonds is 3. The zero-order chi connectivity index (χ0) is 11.8. The molecular weight excluding hydrogens is 253 g/mol. The Morgan fingerprint density at radius 2 is 1.82 bits per heavy atom. The minimum absolute atomic E-state index is 0.714. The van der Waals surface area contributed by atoms with Crippen LogP contribution in [0.1, 0.15) is 31.2 Å². The third kappa shape index (κ3) is 2.62. The molecule has 1 aromatic rings. The molecule has 0 spiro atoms. The van der Waals surface area contributed by atoms with Crippen LogP contribution in [0.5, 0.6) is 0 Å². The molecule has 2 aliphatic rings. The van der Waals surface area contributed by atoms with E-state index in [9.17, 15) is 0 Å². The fourth-order valence-corrected chi connectivity index (χ4v) is 4.03. The van der Waals surface area contributed by atoms with Gasteiger partial charge in [-0.05, 0) is 54.9 Å². The lowest BCUT2D eigenvalue weighted by Crippen LogP contribution is -2.33. The van der Waals surface area contributed by atoms with Gasteiger partial charge < -0.3 is 5.32 Å². The van der Waals surface area contributed by atoms with E-state index in [0.717, 1.165) is 28.4 Å². The fourth-order valence-electron chi connectivity index (χ4n) is 3.46. The maximum Gasteiger partial charge on any atom is 0.0424 e. The van der Waals surface area contributed by atoms with Gasteiger partial charge in [-0.3, -0.25) is 0 Å². The molecule has 1 N–H and O–H groups in total. The lowest BCUT2D eigenvalue weighted by Gasteiger charge is -2.23. The molecule has 0 aromatic heterocycles. The summed E-state index contributed by atoms with van der Waals surface area (Å²) in [6.07, 6.45) is 5.66. The van der Waals surface area contributed by atoms with Gasteiger partial charge in [-0.15, -0.1) is 0 Å². The summed E-state index contributed by atoms with van der Waals surface area (Å²) >= 11 is 12.0. The van der Waals surface area contributed by atoms with Gasteiger partial charge in [0.15, 0.2) is 0 Å². The Balaban J connectivity index is 1.60. The Labute approximate surface area is 112 Å². The molecule has 2 aliphatic carbocycles. The van der Waals surface area contributed by atoms with Gasteiger partial charge in [0.05, 0.1) is 0 Å². The van der Waals surface area contributed by atoms with Crippen molar-refractivity contribution in [2.75, 3.05) is 0 Å². The fraction of sp³-hybridized carbons (Fsp3) is 0.571. The van der Waals surface area contributed by atoms with Crippen LogP contribution >= 0.6 is 23.2 Å². The van der Waals surface area contributed by atoms with Gasteiger partial charge in [-0.2, -0.15) is 0 Å². The van der Waals surface area contributed by atoms with E-state index in [4.69, 9.17) is 23.2 Å². The van der Waals surface area contributed by atoms with E-state index in [0.29, 0.717) is 6.04 Å². The van der Waals surface area contributed by atoms with Crippen molar-refractivity contribution in [3.8, 4) is 0 Å². The van der Waals surface area contributed by atoms with E-state index in [2.05, 4.69) is 5.32 Å². The molecule has 0 amide bonds. The highest BCUT2D eigenvalue weighted by atomic mass is 35.5. The summed E-state index contributed by atoms with van der Waals surface area (Å²) in [7, 11) is 0. The van der Waals surface area contributed by atoms with Crippen LogP contribution < -0.4 is 5.32 Å². The minimum atomic E-state index is 0.714. The van der Waals surface area contributed by atoms with Crippen molar-refractivity contribution in [1.29, 1.82) is 0 Å². The molecular formula is C14H17Cl2N.